The second-order valence-corrected chi connectivity index (χ2v) is 6.79. The van der Waals surface area contributed by atoms with E-state index in [1.165, 1.54) is 5.56 Å². The zero-order valence-corrected chi connectivity index (χ0v) is 13.8. The monoisotopic (exact) mass is 302 g/mol. The first-order valence-corrected chi connectivity index (χ1v) is 8.24. The van der Waals surface area contributed by atoms with Crippen molar-refractivity contribution in [3.05, 3.63) is 29.8 Å². The molecule has 22 heavy (non-hydrogen) atoms. The molecule has 0 aliphatic carbocycles. The second kappa shape index (κ2) is 5.92. The summed E-state index contributed by atoms with van der Waals surface area (Å²) in [5.74, 6) is 1.48. The number of hydrogen-bond acceptors (Lipinski definition) is 3. The molecule has 0 radical (unpaired) electrons. The number of carbonyl (C=O) groups is 1. The summed E-state index contributed by atoms with van der Waals surface area (Å²) in [6.07, 6.45) is 1.86. The number of likely N-dealkylation sites (tertiary alicyclic amines) is 1. The molecule has 0 saturated carbocycles. The van der Waals surface area contributed by atoms with E-state index in [-0.39, 0.29) is 17.4 Å². The predicted molar refractivity (Wildman–Crippen MR) is 87.1 cm³/mol. The number of ether oxygens (including phenoxy) is 1. The maximum atomic E-state index is 13.1. The van der Waals surface area contributed by atoms with Crippen LogP contribution >= 0.6 is 0 Å². The number of rotatable bonds is 3. The number of nitrogens with one attached hydrogen (secondary N) is 1. The number of benzene rings is 1. The van der Waals surface area contributed by atoms with Crippen LogP contribution in [0, 0.1) is 5.41 Å². The average Bonchev–Trinajstić information content (AvgIpc) is 2.81. The first-order valence-electron chi connectivity index (χ1n) is 8.24. The van der Waals surface area contributed by atoms with Crippen molar-refractivity contribution in [3.63, 3.8) is 0 Å². The van der Waals surface area contributed by atoms with Gasteiger partial charge in [0.25, 0.3) is 0 Å². The number of carbonyl (C=O) groups excluding carboxylic acids is 1. The SMILES string of the molecule is COc1cccc(C2CN(C(C)C)C(=O)C23CCNCC3)c1. The number of amides is 1. The Morgan fingerprint density at radius 2 is 2.05 bits per heavy atom. The Balaban J connectivity index is 2.01. The molecule has 1 N–H and O–H groups in total. The van der Waals surface area contributed by atoms with E-state index in [9.17, 15) is 4.79 Å². The van der Waals surface area contributed by atoms with Crippen molar-refractivity contribution in [1.82, 2.24) is 10.2 Å². The lowest BCUT2D eigenvalue weighted by atomic mass is 9.68. The molecular formula is C18H26N2O2. The molecule has 4 nitrogen and oxygen atoms in total. The molecule has 0 aromatic heterocycles. The Hall–Kier alpha value is -1.55. The van der Waals surface area contributed by atoms with Crippen LogP contribution in [0.4, 0.5) is 0 Å². The van der Waals surface area contributed by atoms with Crippen molar-refractivity contribution in [2.75, 3.05) is 26.7 Å². The lowest BCUT2D eigenvalue weighted by Gasteiger charge is -2.37. The van der Waals surface area contributed by atoms with Gasteiger partial charge < -0.3 is 15.0 Å². The largest absolute Gasteiger partial charge is 0.497 e. The van der Waals surface area contributed by atoms with Gasteiger partial charge in [0.1, 0.15) is 5.75 Å². The van der Waals surface area contributed by atoms with Gasteiger partial charge in [0, 0.05) is 18.5 Å². The van der Waals surface area contributed by atoms with Crippen LogP contribution in [-0.4, -0.2) is 43.6 Å². The average molecular weight is 302 g/mol. The molecule has 1 unspecified atom stereocenters. The van der Waals surface area contributed by atoms with Gasteiger partial charge in [-0.05, 0) is 57.5 Å². The summed E-state index contributed by atoms with van der Waals surface area (Å²) in [5, 5.41) is 3.40. The first-order chi connectivity index (χ1) is 10.6. The van der Waals surface area contributed by atoms with Gasteiger partial charge in [-0.25, -0.2) is 0 Å². The lowest BCUT2D eigenvalue weighted by molar-refractivity contribution is -0.139. The van der Waals surface area contributed by atoms with Crippen LogP contribution in [0.2, 0.25) is 0 Å². The maximum Gasteiger partial charge on any atom is 0.229 e. The molecule has 1 spiro atoms. The fourth-order valence-corrected chi connectivity index (χ4v) is 4.05. The molecule has 3 rings (SSSR count). The van der Waals surface area contributed by atoms with Gasteiger partial charge in [0.15, 0.2) is 0 Å². The van der Waals surface area contributed by atoms with Gasteiger partial charge in [0.2, 0.25) is 5.91 Å². The van der Waals surface area contributed by atoms with Crippen LogP contribution in [-0.2, 0) is 4.79 Å². The minimum atomic E-state index is -0.234. The van der Waals surface area contributed by atoms with E-state index in [1.54, 1.807) is 7.11 Å². The van der Waals surface area contributed by atoms with Crippen molar-refractivity contribution in [2.45, 2.75) is 38.6 Å². The van der Waals surface area contributed by atoms with Crippen LogP contribution < -0.4 is 10.1 Å². The lowest BCUT2D eigenvalue weighted by Crippen LogP contribution is -2.45. The van der Waals surface area contributed by atoms with Crippen molar-refractivity contribution < 1.29 is 9.53 Å². The smallest absolute Gasteiger partial charge is 0.229 e. The van der Waals surface area contributed by atoms with E-state index in [0.717, 1.165) is 38.2 Å². The number of nitrogens with zero attached hydrogens (tertiary/aromatic N) is 1. The normalized spacial score (nSPS) is 24.3. The summed E-state index contributed by atoms with van der Waals surface area (Å²) in [4.78, 5) is 15.2. The standard InChI is InChI=1S/C18H26N2O2/c1-13(2)20-12-16(14-5-4-6-15(11-14)22-3)18(17(20)21)7-9-19-10-8-18/h4-6,11,13,16,19H,7-10,12H2,1-3H3. The maximum absolute atomic E-state index is 13.1. The summed E-state index contributed by atoms with van der Waals surface area (Å²) in [6, 6.07) is 8.51. The van der Waals surface area contributed by atoms with Gasteiger partial charge in [-0.3, -0.25) is 4.79 Å². The zero-order chi connectivity index (χ0) is 15.7. The summed E-state index contributed by atoms with van der Waals surface area (Å²) in [6.45, 7) is 6.90. The fourth-order valence-electron chi connectivity index (χ4n) is 4.05. The van der Waals surface area contributed by atoms with Crippen LogP contribution in [0.5, 0.6) is 5.75 Å². The molecule has 2 fully saturated rings. The zero-order valence-electron chi connectivity index (χ0n) is 13.8. The quantitative estimate of drug-likeness (QED) is 0.932. The highest BCUT2D eigenvalue weighted by Gasteiger charge is 2.54. The molecule has 4 heteroatoms. The molecule has 2 aliphatic rings. The van der Waals surface area contributed by atoms with E-state index < -0.39 is 0 Å². The molecule has 0 bridgehead atoms. The molecule has 2 heterocycles. The van der Waals surface area contributed by atoms with Crippen molar-refractivity contribution in [1.29, 1.82) is 0 Å². The highest BCUT2D eigenvalue weighted by molar-refractivity contribution is 5.87. The van der Waals surface area contributed by atoms with Crippen LogP contribution in [0.1, 0.15) is 38.2 Å². The Kier molecular flexibility index (Phi) is 4.13. The van der Waals surface area contributed by atoms with E-state index >= 15 is 0 Å². The summed E-state index contributed by atoms with van der Waals surface area (Å²) >= 11 is 0. The molecule has 1 atom stereocenters. The third-order valence-electron chi connectivity index (χ3n) is 5.35. The molecule has 1 amide bonds. The van der Waals surface area contributed by atoms with Gasteiger partial charge in [-0.2, -0.15) is 0 Å². The van der Waals surface area contributed by atoms with Crippen molar-refractivity contribution in [2.24, 2.45) is 5.41 Å². The van der Waals surface area contributed by atoms with E-state index in [2.05, 4.69) is 36.2 Å². The molecule has 2 aliphatic heterocycles. The van der Waals surface area contributed by atoms with E-state index in [0.29, 0.717) is 5.91 Å². The minimum absolute atomic E-state index is 0.234. The fraction of sp³-hybridized carbons (Fsp3) is 0.611. The molecule has 1 aromatic rings. The third kappa shape index (κ3) is 2.39. The summed E-state index contributed by atoms with van der Waals surface area (Å²) in [5.41, 5.74) is 1.000. The van der Waals surface area contributed by atoms with Crippen LogP contribution in [0.3, 0.4) is 0 Å². The topological polar surface area (TPSA) is 41.6 Å². The van der Waals surface area contributed by atoms with E-state index in [1.807, 2.05) is 12.1 Å². The summed E-state index contributed by atoms with van der Waals surface area (Å²) < 4.78 is 5.38. The number of piperidine rings is 1. The Morgan fingerprint density at radius 1 is 1.32 bits per heavy atom. The van der Waals surface area contributed by atoms with Gasteiger partial charge >= 0.3 is 0 Å². The van der Waals surface area contributed by atoms with E-state index in [4.69, 9.17) is 4.74 Å². The van der Waals surface area contributed by atoms with Crippen LogP contribution in [0.15, 0.2) is 24.3 Å². The minimum Gasteiger partial charge on any atom is -0.497 e. The highest BCUT2D eigenvalue weighted by Crippen LogP contribution is 2.50. The number of methoxy groups -OCH3 is 1. The third-order valence-corrected chi connectivity index (χ3v) is 5.35. The van der Waals surface area contributed by atoms with Crippen LogP contribution in [0.25, 0.3) is 0 Å². The Bertz CT molecular complexity index is 550. The van der Waals surface area contributed by atoms with Crippen molar-refractivity contribution >= 4 is 5.91 Å². The van der Waals surface area contributed by atoms with Gasteiger partial charge in [0.05, 0.1) is 12.5 Å². The van der Waals surface area contributed by atoms with Gasteiger partial charge in [-0.15, -0.1) is 0 Å². The molecular weight excluding hydrogens is 276 g/mol. The Labute approximate surface area is 132 Å². The second-order valence-electron chi connectivity index (χ2n) is 6.79. The highest BCUT2D eigenvalue weighted by atomic mass is 16.5. The molecule has 120 valence electrons. The Morgan fingerprint density at radius 3 is 2.68 bits per heavy atom. The van der Waals surface area contributed by atoms with Crippen molar-refractivity contribution in [3.8, 4) is 5.75 Å². The van der Waals surface area contributed by atoms with Gasteiger partial charge in [-0.1, -0.05) is 12.1 Å². The molecule has 1 aromatic carbocycles. The first kappa shape index (κ1) is 15.3. The summed E-state index contributed by atoms with van der Waals surface area (Å²) in [7, 11) is 1.69. The molecule has 2 saturated heterocycles. The number of hydrogen-bond donors (Lipinski definition) is 1. The predicted octanol–water partition coefficient (Wildman–Crippen LogP) is 2.40.